The Labute approximate surface area is 115 Å². The quantitative estimate of drug-likeness (QED) is 0.820. The summed E-state index contributed by atoms with van der Waals surface area (Å²) >= 11 is 0. The molecule has 0 atom stereocenters. The largest absolute Gasteiger partial charge is 0.450 e. The molecule has 0 aromatic rings. The Kier molecular flexibility index (Phi) is 5.60. The van der Waals surface area contributed by atoms with Crippen molar-refractivity contribution < 1.29 is 14.3 Å². The summed E-state index contributed by atoms with van der Waals surface area (Å²) in [5.41, 5.74) is -0.0670. The lowest BCUT2D eigenvalue weighted by molar-refractivity contribution is -0.132. The van der Waals surface area contributed by atoms with Gasteiger partial charge in [0.05, 0.1) is 13.2 Å². The van der Waals surface area contributed by atoms with E-state index in [1.165, 1.54) is 0 Å². The number of nitrogens with one attached hydrogen (secondary N) is 1. The van der Waals surface area contributed by atoms with Gasteiger partial charge < -0.3 is 19.9 Å². The highest BCUT2D eigenvalue weighted by Gasteiger charge is 2.25. The van der Waals surface area contributed by atoms with Gasteiger partial charge in [-0.05, 0) is 27.7 Å². The van der Waals surface area contributed by atoms with Crippen molar-refractivity contribution in [2.45, 2.75) is 33.2 Å². The summed E-state index contributed by atoms with van der Waals surface area (Å²) in [7, 11) is 0. The Morgan fingerprint density at radius 3 is 2.11 bits per heavy atom. The first-order chi connectivity index (χ1) is 8.83. The standard InChI is InChI=1S/C13H25N3O3/c1-5-19-12(18)16-8-6-15(7-9-16)11(17)10-14-13(2,3)4/h14H,5-10H2,1-4H3. The highest BCUT2D eigenvalue weighted by molar-refractivity contribution is 5.78. The van der Waals surface area contributed by atoms with Crippen LogP contribution in [0.25, 0.3) is 0 Å². The lowest BCUT2D eigenvalue weighted by Crippen LogP contribution is -2.53. The Balaban J connectivity index is 2.33. The van der Waals surface area contributed by atoms with Crippen molar-refractivity contribution in [3.8, 4) is 0 Å². The van der Waals surface area contributed by atoms with E-state index in [-0.39, 0.29) is 17.5 Å². The normalized spacial score (nSPS) is 16.4. The highest BCUT2D eigenvalue weighted by Crippen LogP contribution is 2.05. The van der Waals surface area contributed by atoms with Crippen molar-refractivity contribution in [3.63, 3.8) is 0 Å². The van der Waals surface area contributed by atoms with E-state index in [4.69, 9.17) is 4.74 Å². The molecule has 0 spiro atoms. The van der Waals surface area contributed by atoms with Gasteiger partial charge in [0.1, 0.15) is 0 Å². The second kappa shape index (κ2) is 6.75. The van der Waals surface area contributed by atoms with Crippen molar-refractivity contribution in [2.75, 3.05) is 39.3 Å². The zero-order chi connectivity index (χ0) is 14.5. The van der Waals surface area contributed by atoms with Crippen molar-refractivity contribution in [1.29, 1.82) is 0 Å². The molecule has 0 bridgehead atoms. The molecule has 1 N–H and O–H groups in total. The van der Waals surface area contributed by atoms with Crippen LogP contribution >= 0.6 is 0 Å². The second-order valence-electron chi connectivity index (χ2n) is 5.67. The van der Waals surface area contributed by atoms with Crippen LogP contribution in [0.1, 0.15) is 27.7 Å². The molecule has 1 aliphatic rings. The number of rotatable bonds is 3. The lowest BCUT2D eigenvalue weighted by Gasteiger charge is -2.34. The van der Waals surface area contributed by atoms with Gasteiger partial charge in [0.2, 0.25) is 5.91 Å². The first-order valence-electron chi connectivity index (χ1n) is 6.78. The van der Waals surface area contributed by atoms with Gasteiger partial charge in [-0.2, -0.15) is 0 Å². The fourth-order valence-electron chi connectivity index (χ4n) is 1.81. The van der Waals surface area contributed by atoms with Gasteiger partial charge in [0.25, 0.3) is 0 Å². The molecular weight excluding hydrogens is 246 g/mol. The molecule has 1 rings (SSSR count). The lowest BCUT2D eigenvalue weighted by atomic mass is 10.1. The van der Waals surface area contributed by atoms with Gasteiger partial charge in [-0.3, -0.25) is 4.79 Å². The van der Waals surface area contributed by atoms with Crippen LogP contribution in [-0.2, 0) is 9.53 Å². The maximum Gasteiger partial charge on any atom is 0.409 e. The first kappa shape index (κ1) is 15.8. The average Bonchev–Trinajstić information content (AvgIpc) is 2.35. The van der Waals surface area contributed by atoms with Gasteiger partial charge in [-0.1, -0.05) is 0 Å². The number of piperazine rings is 1. The van der Waals surface area contributed by atoms with E-state index in [9.17, 15) is 9.59 Å². The molecular formula is C13H25N3O3. The topological polar surface area (TPSA) is 61.9 Å². The van der Waals surface area contributed by atoms with Gasteiger partial charge in [0.15, 0.2) is 0 Å². The number of hydrogen-bond acceptors (Lipinski definition) is 4. The van der Waals surface area contributed by atoms with Crippen molar-refractivity contribution in [1.82, 2.24) is 15.1 Å². The fourth-order valence-corrected chi connectivity index (χ4v) is 1.81. The number of nitrogens with zero attached hydrogens (tertiary/aromatic N) is 2. The summed E-state index contributed by atoms with van der Waals surface area (Å²) in [4.78, 5) is 26.9. The molecule has 0 radical (unpaired) electrons. The Morgan fingerprint density at radius 1 is 1.11 bits per heavy atom. The molecule has 1 heterocycles. The molecule has 6 nitrogen and oxygen atoms in total. The van der Waals surface area contributed by atoms with Gasteiger partial charge in [-0.25, -0.2) is 4.79 Å². The van der Waals surface area contributed by atoms with E-state index >= 15 is 0 Å². The van der Waals surface area contributed by atoms with Crippen LogP contribution in [0.4, 0.5) is 4.79 Å². The second-order valence-corrected chi connectivity index (χ2v) is 5.67. The molecule has 1 fully saturated rings. The van der Waals surface area contributed by atoms with Crippen LogP contribution in [0, 0.1) is 0 Å². The summed E-state index contributed by atoms with van der Waals surface area (Å²) in [5, 5.41) is 3.18. The van der Waals surface area contributed by atoms with E-state index in [1.807, 2.05) is 20.8 Å². The molecule has 110 valence electrons. The molecule has 19 heavy (non-hydrogen) atoms. The SMILES string of the molecule is CCOC(=O)N1CCN(C(=O)CNC(C)(C)C)CC1. The monoisotopic (exact) mass is 271 g/mol. The Bertz CT molecular complexity index is 318. The molecule has 2 amide bonds. The van der Waals surface area contributed by atoms with E-state index < -0.39 is 0 Å². The summed E-state index contributed by atoms with van der Waals surface area (Å²) < 4.78 is 4.94. The van der Waals surface area contributed by atoms with E-state index in [0.29, 0.717) is 39.3 Å². The maximum absolute atomic E-state index is 12.0. The van der Waals surface area contributed by atoms with E-state index in [1.54, 1.807) is 16.7 Å². The summed E-state index contributed by atoms with van der Waals surface area (Å²) in [6, 6.07) is 0. The average molecular weight is 271 g/mol. The number of hydrogen-bond donors (Lipinski definition) is 1. The molecule has 0 aromatic heterocycles. The van der Waals surface area contributed by atoms with Gasteiger partial charge >= 0.3 is 6.09 Å². The van der Waals surface area contributed by atoms with Crippen LogP contribution in [0.3, 0.4) is 0 Å². The van der Waals surface area contributed by atoms with E-state index in [2.05, 4.69) is 5.32 Å². The van der Waals surface area contributed by atoms with Crippen LogP contribution < -0.4 is 5.32 Å². The third-order valence-corrected chi connectivity index (χ3v) is 2.93. The van der Waals surface area contributed by atoms with Crippen LogP contribution in [-0.4, -0.2) is 66.7 Å². The third kappa shape index (κ3) is 5.46. The highest BCUT2D eigenvalue weighted by atomic mass is 16.6. The molecule has 0 aromatic carbocycles. The zero-order valence-electron chi connectivity index (χ0n) is 12.4. The third-order valence-electron chi connectivity index (χ3n) is 2.93. The van der Waals surface area contributed by atoms with Gasteiger partial charge in [0, 0.05) is 31.7 Å². The smallest absolute Gasteiger partial charge is 0.409 e. The molecule has 0 aliphatic carbocycles. The fraction of sp³-hybridized carbons (Fsp3) is 0.846. The minimum atomic E-state index is -0.289. The summed E-state index contributed by atoms with van der Waals surface area (Å²) in [6.45, 7) is 10.8. The van der Waals surface area contributed by atoms with Crippen LogP contribution in [0.5, 0.6) is 0 Å². The molecule has 6 heteroatoms. The number of carbonyl (C=O) groups excluding carboxylic acids is 2. The molecule has 0 saturated carbocycles. The minimum Gasteiger partial charge on any atom is -0.450 e. The van der Waals surface area contributed by atoms with E-state index in [0.717, 1.165) is 0 Å². The molecule has 0 unspecified atom stereocenters. The first-order valence-corrected chi connectivity index (χ1v) is 6.78. The van der Waals surface area contributed by atoms with Crippen LogP contribution in [0.15, 0.2) is 0 Å². The predicted molar refractivity (Wildman–Crippen MR) is 72.9 cm³/mol. The molecule has 1 aliphatic heterocycles. The summed E-state index contributed by atoms with van der Waals surface area (Å²) in [6.07, 6.45) is -0.289. The number of ether oxygens (including phenoxy) is 1. The van der Waals surface area contributed by atoms with Gasteiger partial charge in [-0.15, -0.1) is 0 Å². The summed E-state index contributed by atoms with van der Waals surface area (Å²) in [5.74, 6) is 0.0819. The Hall–Kier alpha value is -1.30. The molecule has 1 saturated heterocycles. The number of amides is 2. The number of carbonyl (C=O) groups is 2. The van der Waals surface area contributed by atoms with Crippen LogP contribution in [0.2, 0.25) is 0 Å². The Morgan fingerprint density at radius 2 is 1.63 bits per heavy atom. The van der Waals surface area contributed by atoms with Crippen molar-refractivity contribution in [3.05, 3.63) is 0 Å². The maximum atomic E-state index is 12.0. The zero-order valence-corrected chi connectivity index (χ0v) is 12.4. The predicted octanol–water partition coefficient (Wildman–Crippen LogP) is 0.675. The minimum absolute atomic E-state index is 0.0670. The van der Waals surface area contributed by atoms with Crippen molar-refractivity contribution >= 4 is 12.0 Å². The van der Waals surface area contributed by atoms with Crippen molar-refractivity contribution in [2.24, 2.45) is 0 Å².